The van der Waals surface area contributed by atoms with Crippen LogP contribution in [0.2, 0.25) is 0 Å². The van der Waals surface area contributed by atoms with Gasteiger partial charge in [0.15, 0.2) is 0 Å². The third-order valence-corrected chi connectivity index (χ3v) is 7.65. The molecular formula is C32H42O4. The van der Waals surface area contributed by atoms with Crippen LogP contribution in [0.15, 0.2) is 54.6 Å². The molecule has 3 aliphatic rings. The van der Waals surface area contributed by atoms with Gasteiger partial charge in [0.05, 0.1) is 13.2 Å². The van der Waals surface area contributed by atoms with Gasteiger partial charge in [-0.25, -0.2) is 0 Å². The second-order valence-corrected chi connectivity index (χ2v) is 10.7. The number of allylic oxidation sites excluding steroid dienone is 2. The molecule has 4 heteroatoms. The van der Waals surface area contributed by atoms with E-state index >= 15 is 0 Å². The molecule has 194 valence electrons. The van der Waals surface area contributed by atoms with Crippen LogP contribution in [-0.2, 0) is 15.9 Å². The molecule has 2 aliphatic heterocycles. The Morgan fingerprint density at radius 2 is 1.33 bits per heavy atom. The lowest BCUT2D eigenvalue weighted by atomic mass is 9.81. The van der Waals surface area contributed by atoms with Crippen molar-refractivity contribution in [3.8, 4) is 11.5 Å². The van der Waals surface area contributed by atoms with E-state index in [9.17, 15) is 0 Å². The normalized spacial score (nSPS) is 24.5. The van der Waals surface area contributed by atoms with Gasteiger partial charge in [0.2, 0.25) is 0 Å². The number of aryl methyl sites for hydroxylation is 1. The minimum Gasteiger partial charge on any atom is -0.491 e. The molecular weight excluding hydrogens is 448 g/mol. The van der Waals surface area contributed by atoms with Crippen molar-refractivity contribution >= 4 is 0 Å². The fraction of sp³-hybridized carbons (Fsp3) is 0.562. The van der Waals surface area contributed by atoms with Crippen LogP contribution in [0.25, 0.3) is 0 Å². The van der Waals surface area contributed by atoms with Crippen molar-refractivity contribution in [2.75, 3.05) is 26.4 Å². The number of hydrogen-bond acceptors (Lipinski definition) is 4. The first-order valence-corrected chi connectivity index (χ1v) is 14.2. The predicted molar refractivity (Wildman–Crippen MR) is 144 cm³/mol. The first-order chi connectivity index (χ1) is 17.8. The summed E-state index contributed by atoms with van der Waals surface area (Å²) < 4.78 is 22.5. The van der Waals surface area contributed by atoms with Crippen molar-refractivity contribution in [3.05, 3.63) is 71.3 Å². The molecule has 4 atom stereocenters. The number of hydrogen-bond donors (Lipinski definition) is 0. The molecule has 2 heterocycles. The van der Waals surface area contributed by atoms with E-state index in [-0.39, 0.29) is 6.10 Å². The van der Waals surface area contributed by atoms with Gasteiger partial charge in [0.25, 0.3) is 0 Å². The summed E-state index contributed by atoms with van der Waals surface area (Å²) in [5.41, 5.74) is 4.16. The Morgan fingerprint density at radius 1 is 0.722 bits per heavy atom. The van der Waals surface area contributed by atoms with Crippen LogP contribution in [-0.4, -0.2) is 38.6 Å². The lowest BCUT2D eigenvalue weighted by molar-refractivity contribution is 0.261. The van der Waals surface area contributed by atoms with Crippen molar-refractivity contribution in [3.63, 3.8) is 0 Å². The minimum absolute atomic E-state index is 0.289. The van der Waals surface area contributed by atoms with E-state index in [1.807, 2.05) is 0 Å². The van der Waals surface area contributed by atoms with E-state index < -0.39 is 0 Å². The van der Waals surface area contributed by atoms with Crippen LogP contribution in [0.4, 0.5) is 0 Å². The average molecular weight is 491 g/mol. The molecule has 2 aromatic rings. The Hall–Kier alpha value is -2.30. The second-order valence-electron chi connectivity index (χ2n) is 10.7. The average Bonchev–Trinajstić information content (AvgIpc) is 3.85. The number of rotatable bonds is 15. The zero-order valence-corrected chi connectivity index (χ0v) is 21.8. The Bertz CT molecular complexity index is 974. The highest BCUT2D eigenvalue weighted by molar-refractivity contribution is 5.41. The lowest BCUT2D eigenvalue weighted by Crippen LogP contribution is -2.09. The van der Waals surface area contributed by atoms with Crippen molar-refractivity contribution in [1.82, 2.24) is 0 Å². The maximum Gasteiger partial charge on any atom is 0.122 e. The summed E-state index contributed by atoms with van der Waals surface area (Å²) in [6, 6.07) is 15.5. The van der Waals surface area contributed by atoms with Gasteiger partial charge in [-0.3, -0.25) is 0 Å². The van der Waals surface area contributed by atoms with E-state index in [0.29, 0.717) is 31.2 Å². The van der Waals surface area contributed by atoms with Crippen LogP contribution in [0.3, 0.4) is 0 Å². The highest BCUT2D eigenvalue weighted by Gasteiger charge is 2.25. The summed E-state index contributed by atoms with van der Waals surface area (Å²) in [7, 11) is 0. The molecule has 2 saturated heterocycles. The van der Waals surface area contributed by atoms with E-state index in [0.717, 1.165) is 31.1 Å². The summed E-state index contributed by atoms with van der Waals surface area (Å²) in [4.78, 5) is 0. The molecule has 2 aromatic carbocycles. The fourth-order valence-electron chi connectivity index (χ4n) is 5.15. The lowest BCUT2D eigenvalue weighted by Gasteiger charge is -2.24. The smallest absolute Gasteiger partial charge is 0.122 e. The molecule has 5 rings (SSSR count). The SMILES string of the molecule is CCCCCCCCc1cc(C2C=CC(c3ccc(OCC4CO4)cc3)CC2)ccc1OCC1CO1. The molecule has 0 spiro atoms. The molecule has 4 unspecified atom stereocenters. The molecule has 0 aromatic heterocycles. The first kappa shape index (κ1) is 25.4. The van der Waals surface area contributed by atoms with Crippen molar-refractivity contribution in [1.29, 1.82) is 0 Å². The fourth-order valence-corrected chi connectivity index (χ4v) is 5.15. The van der Waals surface area contributed by atoms with Crippen molar-refractivity contribution in [2.45, 2.75) is 88.8 Å². The molecule has 0 N–H and O–H groups in total. The van der Waals surface area contributed by atoms with Crippen LogP contribution in [0, 0.1) is 0 Å². The number of benzene rings is 2. The number of ether oxygens (including phenoxy) is 4. The Labute approximate surface area is 217 Å². The summed E-state index contributed by atoms with van der Waals surface area (Å²) in [5, 5.41) is 0. The van der Waals surface area contributed by atoms with Gasteiger partial charge >= 0.3 is 0 Å². The van der Waals surface area contributed by atoms with Crippen LogP contribution >= 0.6 is 0 Å². The van der Waals surface area contributed by atoms with E-state index in [4.69, 9.17) is 18.9 Å². The molecule has 0 saturated carbocycles. The summed E-state index contributed by atoms with van der Waals surface area (Å²) in [6.07, 6.45) is 16.7. The standard InChI is InChI=1S/C32H42O4/c1-2-3-4-5-6-7-8-28-19-27(15-18-32(28)36-23-31-22-35-31)26-11-9-24(10-12-26)25-13-16-29(17-14-25)33-20-30-21-34-30/h9,11,13-19,24,26,30-31H,2-8,10,12,20-23H2,1H3. The van der Waals surface area contributed by atoms with Crippen molar-refractivity contribution < 1.29 is 18.9 Å². The first-order valence-electron chi connectivity index (χ1n) is 14.2. The van der Waals surface area contributed by atoms with E-state index in [2.05, 4.69) is 61.5 Å². The van der Waals surface area contributed by atoms with Crippen LogP contribution < -0.4 is 9.47 Å². The van der Waals surface area contributed by atoms with E-state index in [1.54, 1.807) is 0 Å². The van der Waals surface area contributed by atoms with Gasteiger partial charge < -0.3 is 18.9 Å². The summed E-state index contributed by atoms with van der Waals surface area (Å²) in [5.74, 6) is 2.94. The van der Waals surface area contributed by atoms with Gasteiger partial charge in [0, 0.05) is 11.8 Å². The number of epoxide rings is 2. The summed E-state index contributed by atoms with van der Waals surface area (Å²) >= 11 is 0. The summed E-state index contributed by atoms with van der Waals surface area (Å²) in [6.45, 7) is 5.27. The van der Waals surface area contributed by atoms with Crippen LogP contribution in [0.5, 0.6) is 11.5 Å². The van der Waals surface area contributed by atoms with Crippen molar-refractivity contribution in [2.24, 2.45) is 0 Å². The Morgan fingerprint density at radius 3 is 2.00 bits per heavy atom. The van der Waals surface area contributed by atoms with Crippen LogP contribution in [0.1, 0.15) is 86.8 Å². The van der Waals surface area contributed by atoms with Gasteiger partial charge in [0.1, 0.15) is 36.9 Å². The minimum atomic E-state index is 0.289. The largest absolute Gasteiger partial charge is 0.491 e. The van der Waals surface area contributed by atoms with Gasteiger partial charge in [-0.2, -0.15) is 0 Å². The quantitative estimate of drug-likeness (QED) is 0.149. The highest BCUT2D eigenvalue weighted by Crippen LogP contribution is 2.37. The zero-order valence-electron chi connectivity index (χ0n) is 21.8. The molecule has 0 amide bonds. The predicted octanol–water partition coefficient (Wildman–Crippen LogP) is 7.36. The maximum absolute atomic E-state index is 6.16. The molecule has 0 radical (unpaired) electrons. The molecule has 0 bridgehead atoms. The number of unbranched alkanes of at least 4 members (excludes halogenated alkanes) is 5. The van der Waals surface area contributed by atoms with Gasteiger partial charge in [-0.05, 0) is 60.6 Å². The van der Waals surface area contributed by atoms with Gasteiger partial charge in [-0.1, -0.05) is 75.4 Å². The van der Waals surface area contributed by atoms with E-state index in [1.165, 1.54) is 68.1 Å². The molecule has 1 aliphatic carbocycles. The van der Waals surface area contributed by atoms with Gasteiger partial charge in [-0.15, -0.1) is 0 Å². The molecule has 4 nitrogen and oxygen atoms in total. The molecule has 36 heavy (non-hydrogen) atoms. The Balaban J connectivity index is 1.18. The Kier molecular flexibility index (Phi) is 9.00. The highest BCUT2D eigenvalue weighted by atomic mass is 16.6. The zero-order chi connectivity index (χ0) is 24.6. The second kappa shape index (κ2) is 12.8. The maximum atomic E-state index is 6.16. The molecule has 2 fully saturated rings. The monoisotopic (exact) mass is 490 g/mol. The topological polar surface area (TPSA) is 43.5 Å². The third-order valence-electron chi connectivity index (χ3n) is 7.65. The third kappa shape index (κ3) is 7.60.